The molecule has 21 heavy (non-hydrogen) atoms. The molecule has 1 amide bonds. The molecule has 7 heteroatoms. The topological polar surface area (TPSA) is 94.1 Å². The molecule has 0 unspecified atom stereocenters. The van der Waals surface area contributed by atoms with Crippen molar-refractivity contribution in [3.63, 3.8) is 0 Å². The number of hydrogen-bond donors (Lipinski definition) is 2. The minimum Gasteiger partial charge on any atom is -0.492 e. The van der Waals surface area contributed by atoms with Crippen LogP contribution in [-0.4, -0.2) is 37.4 Å². The summed E-state index contributed by atoms with van der Waals surface area (Å²) in [5.41, 5.74) is 0.540. The van der Waals surface area contributed by atoms with Gasteiger partial charge in [0.05, 0.1) is 13.0 Å². The molecule has 0 aromatic heterocycles. The summed E-state index contributed by atoms with van der Waals surface area (Å²) in [5.74, 6) is 0.277. The first-order valence-corrected chi connectivity index (χ1v) is 6.28. The van der Waals surface area contributed by atoms with E-state index in [0.717, 1.165) is 6.08 Å². The van der Waals surface area contributed by atoms with Crippen LogP contribution in [0.5, 0.6) is 17.2 Å². The van der Waals surface area contributed by atoms with Gasteiger partial charge in [-0.2, -0.15) is 0 Å². The number of fused-ring (bicyclic) bond motifs is 1. The fraction of sp³-hybridized carbons (Fsp3) is 0.286. The predicted molar refractivity (Wildman–Crippen MR) is 73.4 cm³/mol. The molecule has 1 aliphatic heterocycles. The van der Waals surface area contributed by atoms with Crippen LogP contribution in [0.15, 0.2) is 18.2 Å². The molecule has 0 aliphatic carbocycles. The lowest BCUT2D eigenvalue weighted by atomic mass is 10.1. The van der Waals surface area contributed by atoms with Gasteiger partial charge in [-0.05, 0) is 12.1 Å². The molecular weight excluding hydrogens is 278 g/mol. The molecule has 0 saturated heterocycles. The Hall–Kier alpha value is -2.70. The Morgan fingerprint density at radius 3 is 2.76 bits per heavy atom. The Kier molecular flexibility index (Phi) is 4.65. The zero-order chi connectivity index (χ0) is 15.2. The summed E-state index contributed by atoms with van der Waals surface area (Å²) in [6.07, 6.45) is 2.61. The molecule has 0 fully saturated rings. The third kappa shape index (κ3) is 3.88. The Labute approximate surface area is 121 Å². The second-order valence-corrected chi connectivity index (χ2v) is 4.19. The highest BCUT2D eigenvalue weighted by Crippen LogP contribution is 2.38. The number of aliphatic carboxylic acids is 1. The van der Waals surface area contributed by atoms with E-state index in [-0.39, 0.29) is 25.7 Å². The van der Waals surface area contributed by atoms with Crippen molar-refractivity contribution in [2.45, 2.75) is 6.42 Å². The second kappa shape index (κ2) is 6.65. The summed E-state index contributed by atoms with van der Waals surface area (Å²) in [7, 11) is 1.55. The highest BCUT2D eigenvalue weighted by atomic mass is 16.7. The monoisotopic (exact) mass is 293 g/mol. The molecule has 1 heterocycles. The van der Waals surface area contributed by atoms with Crippen molar-refractivity contribution in [3.05, 3.63) is 23.8 Å². The Morgan fingerprint density at radius 1 is 1.38 bits per heavy atom. The number of ether oxygens (including phenoxy) is 3. The molecule has 2 N–H and O–H groups in total. The Morgan fingerprint density at radius 2 is 2.10 bits per heavy atom. The maximum atomic E-state index is 11.2. The zero-order valence-electron chi connectivity index (χ0n) is 11.4. The van der Waals surface area contributed by atoms with Gasteiger partial charge in [0.15, 0.2) is 11.5 Å². The van der Waals surface area contributed by atoms with Crippen molar-refractivity contribution in [2.24, 2.45) is 0 Å². The maximum Gasteiger partial charge on any atom is 0.328 e. The second-order valence-electron chi connectivity index (χ2n) is 4.19. The Bertz CT molecular complexity index is 581. The van der Waals surface area contributed by atoms with Gasteiger partial charge in [0.2, 0.25) is 12.7 Å². The number of carboxylic acids is 1. The van der Waals surface area contributed by atoms with Crippen molar-refractivity contribution in [1.82, 2.24) is 5.32 Å². The van der Waals surface area contributed by atoms with Crippen LogP contribution in [0.3, 0.4) is 0 Å². The summed E-state index contributed by atoms with van der Waals surface area (Å²) < 4.78 is 16.0. The van der Waals surface area contributed by atoms with Crippen molar-refractivity contribution in [3.8, 4) is 17.2 Å². The summed E-state index contributed by atoms with van der Waals surface area (Å²) in [5, 5.41) is 11.2. The number of amides is 1. The van der Waals surface area contributed by atoms with Gasteiger partial charge in [0.1, 0.15) is 5.75 Å². The molecule has 112 valence electrons. The molecule has 2 rings (SSSR count). The minimum absolute atomic E-state index is 0.110. The molecule has 7 nitrogen and oxygen atoms in total. The molecule has 1 aromatic carbocycles. The smallest absolute Gasteiger partial charge is 0.328 e. The van der Waals surface area contributed by atoms with E-state index in [4.69, 9.17) is 19.3 Å². The number of rotatable bonds is 6. The zero-order valence-corrected chi connectivity index (χ0v) is 11.4. The third-order valence-corrected chi connectivity index (χ3v) is 2.78. The molecule has 0 bridgehead atoms. The lowest BCUT2D eigenvalue weighted by Crippen LogP contribution is -2.20. The third-order valence-electron chi connectivity index (χ3n) is 2.78. The Balaban J connectivity index is 2.16. The van der Waals surface area contributed by atoms with Crippen molar-refractivity contribution >= 4 is 18.0 Å². The molecular formula is C14H15NO6. The van der Waals surface area contributed by atoms with Gasteiger partial charge in [-0.3, -0.25) is 4.79 Å². The standard InChI is InChI=1S/C14H15NO6/c1-15-13(16)4-5-19-10-7-12-11(20-8-21-12)6-9(10)2-3-14(17)18/h2-3,6-7H,4-5,8H2,1H3,(H,15,16)(H,17,18). The van der Waals surface area contributed by atoms with Crippen LogP contribution in [0.25, 0.3) is 6.08 Å². The van der Waals surface area contributed by atoms with Gasteiger partial charge in [-0.1, -0.05) is 0 Å². The number of nitrogens with one attached hydrogen (secondary N) is 1. The van der Waals surface area contributed by atoms with E-state index in [1.165, 1.54) is 6.08 Å². The normalized spacial score (nSPS) is 12.4. The van der Waals surface area contributed by atoms with Crippen molar-refractivity contribution in [1.29, 1.82) is 0 Å². The number of hydrogen-bond acceptors (Lipinski definition) is 5. The summed E-state index contributed by atoms with van der Waals surface area (Å²) in [6.45, 7) is 0.284. The van der Waals surface area contributed by atoms with E-state index in [0.29, 0.717) is 22.8 Å². The fourth-order valence-electron chi connectivity index (χ4n) is 1.73. The van der Waals surface area contributed by atoms with E-state index >= 15 is 0 Å². The first kappa shape index (κ1) is 14.7. The van der Waals surface area contributed by atoms with Gasteiger partial charge < -0.3 is 24.6 Å². The van der Waals surface area contributed by atoms with Crippen LogP contribution in [0.2, 0.25) is 0 Å². The summed E-state index contributed by atoms with van der Waals surface area (Å²) >= 11 is 0. The molecule has 0 saturated carbocycles. The lowest BCUT2D eigenvalue weighted by molar-refractivity contribution is -0.131. The average Bonchev–Trinajstić information content (AvgIpc) is 2.91. The molecule has 0 radical (unpaired) electrons. The van der Waals surface area contributed by atoms with Crippen LogP contribution < -0.4 is 19.5 Å². The van der Waals surface area contributed by atoms with Crippen LogP contribution in [0, 0.1) is 0 Å². The minimum atomic E-state index is -1.07. The molecule has 0 spiro atoms. The number of carboxylic acid groups (broad SMARTS) is 1. The predicted octanol–water partition coefficient (Wildman–Crippen LogP) is 1.03. The van der Waals surface area contributed by atoms with E-state index in [9.17, 15) is 9.59 Å². The van der Waals surface area contributed by atoms with Gasteiger partial charge in [-0.15, -0.1) is 0 Å². The van der Waals surface area contributed by atoms with E-state index in [1.54, 1.807) is 19.2 Å². The summed E-state index contributed by atoms with van der Waals surface area (Å²) in [6, 6.07) is 3.25. The number of carbonyl (C=O) groups is 2. The highest BCUT2D eigenvalue weighted by molar-refractivity contribution is 5.86. The molecule has 0 atom stereocenters. The lowest BCUT2D eigenvalue weighted by Gasteiger charge is -2.10. The highest BCUT2D eigenvalue weighted by Gasteiger charge is 2.17. The average molecular weight is 293 g/mol. The fourth-order valence-corrected chi connectivity index (χ4v) is 1.73. The van der Waals surface area contributed by atoms with Crippen LogP contribution in [0.1, 0.15) is 12.0 Å². The van der Waals surface area contributed by atoms with Gasteiger partial charge >= 0.3 is 5.97 Å². The van der Waals surface area contributed by atoms with E-state index in [2.05, 4.69) is 5.32 Å². The van der Waals surface area contributed by atoms with Gasteiger partial charge in [-0.25, -0.2) is 4.79 Å². The molecule has 1 aromatic rings. The van der Waals surface area contributed by atoms with Gasteiger partial charge in [0, 0.05) is 24.8 Å². The van der Waals surface area contributed by atoms with Crippen molar-refractivity contribution < 1.29 is 28.9 Å². The quantitative estimate of drug-likeness (QED) is 0.761. The van der Waals surface area contributed by atoms with Crippen LogP contribution in [-0.2, 0) is 9.59 Å². The van der Waals surface area contributed by atoms with Crippen molar-refractivity contribution in [2.75, 3.05) is 20.4 Å². The maximum absolute atomic E-state index is 11.2. The van der Waals surface area contributed by atoms with Crippen LogP contribution >= 0.6 is 0 Å². The summed E-state index contributed by atoms with van der Waals surface area (Å²) in [4.78, 5) is 21.8. The van der Waals surface area contributed by atoms with Gasteiger partial charge in [0.25, 0.3) is 0 Å². The SMILES string of the molecule is CNC(=O)CCOc1cc2c(cc1C=CC(=O)O)OCO2. The molecule has 1 aliphatic rings. The first-order valence-electron chi connectivity index (χ1n) is 6.28. The van der Waals surface area contributed by atoms with Crippen LogP contribution in [0.4, 0.5) is 0 Å². The largest absolute Gasteiger partial charge is 0.492 e. The first-order chi connectivity index (χ1) is 10.1. The number of benzene rings is 1. The van der Waals surface area contributed by atoms with E-state index in [1.807, 2.05) is 0 Å². The van der Waals surface area contributed by atoms with E-state index < -0.39 is 5.97 Å². The number of carbonyl (C=O) groups excluding carboxylic acids is 1.